The highest BCUT2D eigenvalue weighted by Crippen LogP contribution is 2.41. The summed E-state index contributed by atoms with van der Waals surface area (Å²) in [6.07, 6.45) is 8.65. The molecule has 0 aromatic heterocycles. The predicted octanol–water partition coefficient (Wildman–Crippen LogP) is 2.14. The molecule has 0 aromatic rings. The van der Waals surface area contributed by atoms with Crippen LogP contribution in [0, 0.1) is 5.41 Å². The summed E-state index contributed by atoms with van der Waals surface area (Å²) in [5.74, 6) is 0.252. The van der Waals surface area contributed by atoms with E-state index in [2.05, 4.69) is 6.08 Å². The first kappa shape index (κ1) is 14.1. The molecule has 0 aromatic carbocycles. The van der Waals surface area contributed by atoms with Crippen molar-refractivity contribution in [2.75, 3.05) is 33.4 Å². The molecule has 20 heavy (non-hydrogen) atoms. The molecule has 1 aliphatic carbocycles. The van der Waals surface area contributed by atoms with Crippen LogP contribution in [0.1, 0.15) is 38.5 Å². The van der Waals surface area contributed by atoms with Crippen LogP contribution in [-0.4, -0.2) is 50.3 Å². The number of carbonyl (C=O) groups is 1. The number of fused-ring (bicyclic) bond motifs is 1. The Hall–Kier alpha value is -0.870. The summed E-state index contributed by atoms with van der Waals surface area (Å²) in [6.45, 7) is 3.17. The Morgan fingerprint density at radius 1 is 1.55 bits per heavy atom. The number of allylic oxidation sites excluding steroid dienone is 1. The fraction of sp³-hybridized carbons (Fsp3) is 0.812. The molecule has 2 fully saturated rings. The summed E-state index contributed by atoms with van der Waals surface area (Å²) in [7, 11) is 1.75. The Balaban J connectivity index is 1.74. The lowest BCUT2D eigenvalue weighted by Crippen LogP contribution is -2.58. The largest absolute Gasteiger partial charge is 0.384 e. The van der Waals surface area contributed by atoms with Crippen molar-refractivity contribution in [3.8, 4) is 0 Å². The van der Waals surface area contributed by atoms with Gasteiger partial charge in [0.1, 0.15) is 0 Å². The highest BCUT2D eigenvalue weighted by Gasteiger charge is 2.47. The number of methoxy groups -OCH3 is 1. The predicted molar refractivity (Wildman–Crippen MR) is 76.4 cm³/mol. The molecule has 0 radical (unpaired) electrons. The molecular weight excluding hydrogens is 254 g/mol. The molecule has 112 valence electrons. The summed E-state index contributed by atoms with van der Waals surface area (Å²) in [5, 5.41) is 0. The smallest absolute Gasteiger partial charge is 0.249 e. The van der Waals surface area contributed by atoms with Gasteiger partial charge in [0.15, 0.2) is 0 Å². The maximum atomic E-state index is 12.6. The number of carbonyl (C=O) groups excluding carboxylic acids is 1. The molecule has 0 bridgehead atoms. The van der Waals surface area contributed by atoms with E-state index in [0.717, 1.165) is 63.8 Å². The second kappa shape index (κ2) is 5.86. The van der Waals surface area contributed by atoms with Crippen LogP contribution in [-0.2, 0) is 14.3 Å². The van der Waals surface area contributed by atoms with Gasteiger partial charge in [-0.1, -0.05) is 6.08 Å². The van der Waals surface area contributed by atoms with Crippen molar-refractivity contribution in [1.82, 2.24) is 4.90 Å². The molecule has 2 saturated heterocycles. The Labute approximate surface area is 121 Å². The number of amides is 1. The number of rotatable bonds is 3. The topological polar surface area (TPSA) is 38.8 Å². The lowest BCUT2D eigenvalue weighted by Gasteiger charge is -2.50. The first-order valence-corrected chi connectivity index (χ1v) is 7.84. The van der Waals surface area contributed by atoms with Crippen molar-refractivity contribution in [2.24, 2.45) is 5.41 Å². The van der Waals surface area contributed by atoms with Gasteiger partial charge < -0.3 is 14.4 Å². The third kappa shape index (κ3) is 2.51. The summed E-state index contributed by atoms with van der Waals surface area (Å²) in [4.78, 5) is 14.6. The summed E-state index contributed by atoms with van der Waals surface area (Å²) >= 11 is 0. The molecule has 2 heterocycles. The maximum Gasteiger partial charge on any atom is 0.249 e. The van der Waals surface area contributed by atoms with Crippen molar-refractivity contribution in [2.45, 2.75) is 44.6 Å². The zero-order valence-electron chi connectivity index (χ0n) is 12.4. The molecule has 1 amide bonds. The molecule has 3 rings (SSSR count). The van der Waals surface area contributed by atoms with Gasteiger partial charge in [-0.3, -0.25) is 4.79 Å². The molecule has 0 saturated carbocycles. The van der Waals surface area contributed by atoms with Gasteiger partial charge in [-0.15, -0.1) is 0 Å². The monoisotopic (exact) mass is 279 g/mol. The molecule has 2 atom stereocenters. The van der Waals surface area contributed by atoms with E-state index >= 15 is 0 Å². The van der Waals surface area contributed by atoms with Crippen molar-refractivity contribution in [3.63, 3.8) is 0 Å². The van der Waals surface area contributed by atoms with Crippen LogP contribution in [0.5, 0.6) is 0 Å². The van der Waals surface area contributed by atoms with Gasteiger partial charge in [0, 0.05) is 37.8 Å². The SMILES string of the molecule is COC[C@]12CCCO[C@@H]1CCN(C(=O)C1=CCCC1)C2. The molecule has 0 N–H and O–H groups in total. The standard InChI is InChI=1S/C16H25NO3/c1-19-12-16-8-4-10-20-14(16)7-9-17(11-16)15(18)13-5-2-3-6-13/h5,14H,2-4,6-12H2,1H3/t14-,16-/m1/s1. The van der Waals surface area contributed by atoms with Crippen LogP contribution in [0.2, 0.25) is 0 Å². The number of piperidine rings is 1. The van der Waals surface area contributed by atoms with Crippen molar-refractivity contribution in [3.05, 3.63) is 11.6 Å². The molecule has 4 nitrogen and oxygen atoms in total. The minimum absolute atomic E-state index is 0.0140. The Morgan fingerprint density at radius 2 is 2.45 bits per heavy atom. The van der Waals surface area contributed by atoms with Gasteiger partial charge in [0.2, 0.25) is 5.91 Å². The molecule has 0 spiro atoms. The van der Waals surface area contributed by atoms with E-state index in [0.29, 0.717) is 6.61 Å². The van der Waals surface area contributed by atoms with E-state index in [1.165, 1.54) is 0 Å². The highest BCUT2D eigenvalue weighted by atomic mass is 16.5. The highest BCUT2D eigenvalue weighted by molar-refractivity contribution is 5.93. The van der Waals surface area contributed by atoms with Crippen molar-refractivity contribution < 1.29 is 14.3 Å². The van der Waals surface area contributed by atoms with Crippen molar-refractivity contribution in [1.29, 1.82) is 0 Å². The quantitative estimate of drug-likeness (QED) is 0.794. The number of hydrogen-bond donors (Lipinski definition) is 0. The second-order valence-corrected chi connectivity index (χ2v) is 6.40. The minimum Gasteiger partial charge on any atom is -0.384 e. The van der Waals surface area contributed by atoms with Crippen LogP contribution in [0.4, 0.5) is 0 Å². The molecule has 4 heteroatoms. The number of hydrogen-bond acceptors (Lipinski definition) is 3. The first-order valence-electron chi connectivity index (χ1n) is 7.84. The van der Waals surface area contributed by atoms with Gasteiger partial charge in [-0.25, -0.2) is 0 Å². The van der Waals surface area contributed by atoms with Gasteiger partial charge in [0.05, 0.1) is 12.7 Å². The molecule has 0 unspecified atom stereocenters. The number of nitrogens with zero attached hydrogens (tertiary/aromatic N) is 1. The van der Waals surface area contributed by atoms with E-state index in [9.17, 15) is 4.79 Å². The third-order valence-electron chi connectivity index (χ3n) is 5.02. The maximum absolute atomic E-state index is 12.6. The van der Waals surface area contributed by atoms with E-state index in [-0.39, 0.29) is 17.4 Å². The zero-order valence-corrected chi connectivity index (χ0v) is 12.4. The molecule has 2 aliphatic heterocycles. The average Bonchev–Trinajstić information content (AvgIpc) is 3.00. The fourth-order valence-electron chi connectivity index (χ4n) is 4.03. The van der Waals surface area contributed by atoms with Crippen LogP contribution in [0.15, 0.2) is 11.6 Å². The number of likely N-dealkylation sites (tertiary alicyclic amines) is 1. The average molecular weight is 279 g/mol. The first-order chi connectivity index (χ1) is 9.75. The summed E-state index contributed by atoms with van der Waals surface area (Å²) in [5.41, 5.74) is 1.04. The lowest BCUT2D eigenvalue weighted by molar-refractivity contribution is -0.159. The van der Waals surface area contributed by atoms with Crippen molar-refractivity contribution >= 4 is 5.91 Å². The van der Waals surface area contributed by atoms with E-state index in [1.54, 1.807) is 7.11 Å². The summed E-state index contributed by atoms with van der Waals surface area (Å²) < 4.78 is 11.4. The third-order valence-corrected chi connectivity index (χ3v) is 5.02. The van der Waals surface area contributed by atoms with Gasteiger partial charge >= 0.3 is 0 Å². The Kier molecular flexibility index (Phi) is 4.13. The van der Waals surface area contributed by atoms with E-state index in [1.807, 2.05) is 4.90 Å². The van der Waals surface area contributed by atoms with Gasteiger partial charge in [-0.05, 0) is 38.5 Å². The van der Waals surface area contributed by atoms with E-state index in [4.69, 9.17) is 9.47 Å². The molecule has 3 aliphatic rings. The Bertz CT molecular complexity index is 403. The minimum atomic E-state index is 0.0140. The van der Waals surface area contributed by atoms with E-state index < -0.39 is 0 Å². The zero-order chi connectivity index (χ0) is 14.0. The van der Waals surface area contributed by atoms with Gasteiger partial charge in [0.25, 0.3) is 0 Å². The van der Waals surface area contributed by atoms with Crippen LogP contribution >= 0.6 is 0 Å². The number of ether oxygens (including phenoxy) is 2. The second-order valence-electron chi connectivity index (χ2n) is 6.40. The van der Waals surface area contributed by atoms with Crippen LogP contribution in [0.3, 0.4) is 0 Å². The normalized spacial score (nSPS) is 33.8. The Morgan fingerprint density at radius 3 is 3.20 bits per heavy atom. The molecular formula is C16H25NO3. The fourth-order valence-corrected chi connectivity index (χ4v) is 4.03. The van der Waals surface area contributed by atoms with Crippen LogP contribution < -0.4 is 0 Å². The van der Waals surface area contributed by atoms with Crippen LogP contribution in [0.25, 0.3) is 0 Å². The lowest BCUT2D eigenvalue weighted by atomic mass is 9.73. The summed E-state index contributed by atoms with van der Waals surface area (Å²) in [6, 6.07) is 0. The van der Waals surface area contributed by atoms with Gasteiger partial charge in [-0.2, -0.15) is 0 Å².